The van der Waals surface area contributed by atoms with E-state index in [1.54, 1.807) is 18.3 Å². The fraction of sp³-hybridized carbons (Fsp3) is 0.389. The zero-order chi connectivity index (χ0) is 15.3. The van der Waals surface area contributed by atoms with E-state index in [0.717, 1.165) is 12.0 Å². The molecule has 2 aromatic rings. The van der Waals surface area contributed by atoms with E-state index in [1.165, 1.54) is 25.0 Å². The van der Waals surface area contributed by atoms with Crippen LogP contribution in [0.1, 0.15) is 30.7 Å². The smallest absolute Gasteiger partial charge is 0.220 e. The van der Waals surface area contributed by atoms with Gasteiger partial charge in [0.2, 0.25) is 5.95 Å². The molecule has 0 amide bonds. The Morgan fingerprint density at radius 1 is 1.14 bits per heavy atom. The Labute approximate surface area is 128 Å². The molecule has 3 heterocycles. The summed E-state index contributed by atoms with van der Waals surface area (Å²) in [5, 5.41) is 0. The van der Waals surface area contributed by atoms with Crippen LogP contribution in [0.15, 0.2) is 36.5 Å². The number of halogens is 2. The summed E-state index contributed by atoms with van der Waals surface area (Å²) >= 11 is 0. The molecule has 4 heteroatoms. The van der Waals surface area contributed by atoms with Gasteiger partial charge in [-0.25, -0.2) is 9.37 Å². The fourth-order valence-electron chi connectivity index (χ4n) is 4.12. The number of rotatable bonds is 2. The van der Waals surface area contributed by atoms with E-state index >= 15 is 0 Å². The molecule has 22 heavy (non-hydrogen) atoms. The molecule has 0 N–H and O–H groups in total. The molecule has 2 fully saturated rings. The number of fused-ring (bicyclic) bond motifs is 2. The molecule has 0 saturated carbocycles. The highest BCUT2D eigenvalue weighted by Crippen LogP contribution is 2.46. The zero-order valence-electron chi connectivity index (χ0n) is 12.5. The van der Waals surface area contributed by atoms with Crippen molar-refractivity contribution < 1.29 is 8.78 Å². The van der Waals surface area contributed by atoms with E-state index in [0.29, 0.717) is 29.1 Å². The summed E-state index contributed by atoms with van der Waals surface area (Å²) in [7, 11) is 2.18. The third-order valence-electron chi connectivity index (χ3n) is 5.33. The van der Waals surface area contributed by atoms with Crippen LogP contribution in [0, 0.1) is 11.8 Å². The number of benzene rings is 1. The predicted molar refractivity (Wildman–Crippen MR) is 81.5 cm³/mol. The van der Waals surface area contributed by atoms with Crippen molar-refractivity contribution in [3.8, 4) is 11.1 Å². The van der Waals surface area contributed by atoms with E-state index in [-0.39, 0.29) is 5.82 Å². The highest BCUT2D eigenvalue weighted by molar-refractivity contribution is 5.64. The first-order valence-corrected chi connectivity index (χ1v) is 7.77. The number of hydrogen-bond donors (Lipinski definition) is 0. The Hall–Kier alpha value is -1.81. The average molecular weight is 299 g/mol. The van der Waals surface area contributed by atoms with Crippen molar-refractivity contribution in [2.24, 2.45) is 0 Å². The van der Waals surface area contributed by atoms with Gasteiger partial charge in [-0.3, -0.25) is 4.90 Å². The number of nitrogens with zero attached hydrogens (tertiary/aromatic N) is 2. The van der Waals surface area contributed by atoms with E-state index < -0.39 is 5.95 Å². The molecule has 4 rings (SSSR count). The molecule has 114 valence electrons. The SMILES string of the molecule is CN1C2CCC1C(c1cnc([18F])c(-c3ccc(F)cc3)c1)C2. The van der Waals surface area contributed by atoms with Gasteiger partial charge in [0.1, 0.15) is 5.82 Å². The van der Waals surface area contributed by atoms with E-state index in [1.807, 2.05) is 6.07 Å². The first kappa shape index (κ1) is 13.8. The lowest BCUT2D eigenvalue weighted by molar-refractivity contribution is 0.307. The number of pyridine rings is 1. The molecule has 2 aliphatic rings. The Morgan fingerprint density at radius 3 is 2.55 bits per heavy atom. The quantitative estimate of drug-likeness (QED) is 0.780. The van der Waals surface area contributed by atoms with Crippen molar-refractivity contribution in [3.63, 3.8) is 0 Å². The number of likely N-dealkylation sites (N-methyl/N-ethyl adjacent to an activating group) is 1. The van der Waals surface area contributed by atoms with Crippen LogP contribution >= 0.6 is 0 Å². The van der Waals surface area contributed by atoms with Crippen LogP contribution in [0.2, 0.25) is 0 Å². The van der Waals surface area contributed by atoms with Crippen LogP contribution in [-0.4, -0.2) is 29.0 Å². The molecule has 0 aliphatic carbocycles. The normalized spacial score (nSPS) is 27.5. The fourth-order valence-corrected chi connectivity index (χ4v) is 4.12. The van der Waals surface area contributed by atoms with Gasteiger partial charge in [-0.05, 0) is 55.6 Å². The maximum absolute atomic E-state index is 14.1. The molecule has 0 radical (unpaired) electrons. The van der Waals surface area contributed by atoms with E-state index in [4.69, 9.17) is 0 Å². The molecule has 3 atom stereocenters. The van der Waals surface area contributed by atoms with Crippen LogP contribution in [0.3, 0.4) is 0 Å². The predicted octanol–water partition coefficient (Wildman–Crippen LogP) is 3.98. The second-order valence-electron chi connectivity index (χ2n) is 6.42. The summed E-state index contributed by atoms with van der Waals surface area (Å²) in [5.74, 6) is -0.383. The van der Waals surface area contributed by atoms with Crippen molar-refractivity contribution in [1.29, 1.82) is 0 Å². The average Bonchev–Trinajstić information content (AvgIpc) is 3.04. The van der Waals surface area contributed by atoms with Gasteiger partial charge >= 0.3 is 0 Å². The highest BCUT2D eigenvalue weighted by atomic mass is 19.1. The van der Waals surface area contributed by atoms with Crippen molar-refractivity contribution in [2.45, 2.75) is 37.3 Å². The third-order valence-corrected chi connectivity index (χ3v) is 5.33. The third kappa shape index (κ3) is 2.13. The van der Waals surface area contributed by atoms with Crippen molar-refractivity contribution in [3.05, 3.63) is 53.9 Å². The van der Waals surface area contributed by atoms with Gasteiger partial charge in [0.15, 0.2) is 0 Å². The van der Waals surface area contributed by atoms with Gasteiger partial charge in [-0.15, -0.1) is 0 Å². The van der Waals surface area contributed by atoms with Crippen LogP contribution in [-0.2, 0) is 0 Å². The molecule has 0 spiro atoms. The van der Waals surface area contributed by atoms with Gasteiger partial charge in [0, 0.05) is 29.8 Å². The molecular formula is C18H18F2N2. The van der Waals surface area contributed by atoms with E-state index in [9.17, 15) is 8.78 Å². The molecule has 1 aromatic carbocycles. The van der Waals surface area contributed by atoms with Gasteiger partial charge in [0.25, 0.3) is 0 Å². The van der Waals surface area contributed by atoms with E-state index in [2.05, 4.69) is 16.9 Å². The number of aromatic nitrogens is 1. The molecular weight excluding hydrogens is 281 g/mol. The lowest BCUT2D eigenvalue weighted by Gasteiger charge is -2.22. The maximum Gasteiger partial charge on any atom is 0.220 e. The van der Waals surface area contributed by atoms with Crippen molar-refractivity contribution in [2.75, 3.05) is 7.05 Å². The summed E-state index contributed by atoms with van der Waals surface area (Å²) in [6, 6.07) is 9.00. The highest BCUT2D eigenvalue weighted by Gasteiger charge is 2.44. The van der Waals surface area contributed by atoms with Gasteiger partial charge < -0.3 is 0 Å². The lowest BCUT2D eigenvalue weighted by atomic mass is 9.84. The van der Waals surface area contributed by atoms with Crippen molar-refractivity contribution >= 4 is 0 Å². The van der Waals surface area contributed by atoms with Gasteiger partial charge in [-0.2, -0.15) is 4.39 Å². The summed E-state index contributed by atoms with van der Waals surface area (Å²) in [5.41, 5.74) is 2.23. The van der Waals surface area contributed by atoms with Crippen LogP contribution in [0.5, 0.6) is 0 Å². The zero-order valence-corrected chi connectivity index (χ0v) is 12.5. The Morgan fingerprint density at radius 2 is 1.91 bits per heavy atom. The van der Waals surface area contributed by atoms with Crippen LogP contribution in [0.4, 0.5) is 8.78 Å². The Bertz CT molecular complexity index is 699. The molecule has 3 unspecified atom stereocenters. The van der Waals surface area contributed by atoms with Crippen LogP contribution < -0.4 is 0 Å². The Kier molecular flexibility index (Phi) is 3.22. The minimum Gasteiger partial charge on any atom is -0.300 e. The summed E-state index contributed by atoms with van der Waals surface area (Å²) < 4.78 is 27.2. The molecule has 2 bridgehead atoms. The maximum atomic E-state index is 14.1. The first-order chi connectivity index (χ1) is 10.6. The summed E-state index contributed by atoms with van der Waals surface area (Å²) in [6.45, 7) is 0. The Balaban J connectivity index is 1.71. The summed E-state index contributed by atoms with van der Waals surface area (Å²) in [4.78, 5) is 6.40. The topological polar surface area (TPSA) is 16.1 Å². The minimum absolute atomic E-state index is 0.317. The molecule has 1 aromatic heterocycles. The van der Waals surface area contributed by atoms with Crippen LogP contribution in [0.25, 0.3) is 11.1 Å². The summed E-state index contributed by atoms with van der Waals surface area (Å²) in [6.07, 6.45) is 5.26. The monoisotopic (exact) mass is 299 g/mol. The van der Waals surface area contributed by atoms with Gasteiger partial charge in [-0.1, -0.05) is 12.1 Å². The first-order valence-electron chi connectivity index (χ1n) is 7.77. The second-order valence-corrected chi connectivity index (χ2v) is 6.42. The van der Waals surface area contributed by atoms with Crippen molar-refractivity contribution in [1.82, 2.24) is 9.88 Å². The lowest BCUT2D eigenvalue weighted by Crippen LogP contribution is -2.25. The standard InChI is InChI=1S/C18H18F2N2/c1-22-14-6-7-17(22)15(9-14)12-8-16(18(20)21-10-12)11-2-4-13(19)5-3-11/h2-5,8,10,14-15,17H,6-7,9H2,1H3/i20-1. The second kappa shape index (κ2) is 5.13. The molecule has 2 nitrogen and oxygen atoms in total. The van der Waals surface area contributed by atoms with Gasteiger partial charge in [0.05, 0.1) is 0 Å². The molecule has 2 aliphatic heterocycles. The molecule has 2 saturated heterocycles. The largest absolute Gasteiger partial charge is 0.300 e. The number of hydrogen-bond acceptors (Lipinski definition) is 2. The minimum atomic E-state index is -0.494.